The number of pyridine rings is 2. The zero-order valence-corrected chi connectivity index (χ0v) is 18.0. The number of carbonyl (C=O) groups excluding carboxylic acids is 1. The predicted octanol–water partition coefficient (Wildman–Crippen LogP) is 6.69. The first-order valence-corrected chi connectivity index (χ1v) is 10.5. The number of amides is 1. The maximum absolute atomic E-state index is 12.9. The van der Waals surface area contributed by atoms with Crippen molar-refractivity contribution in [3.8, 4) is 22.8 Å². The van der Waals surface area contributed by atoms with Crippen LogP contribution in [-0.2, 0) is 6.18 Å². The molecular formula is C26H17F3N4O2. The number of H-pyrrole nitrogens is 1. The Labute approximate surface area is 197 Å². The Morgan fingerprint density at radius 1 is 0.886 bits per heavy atom. The van der Waals surface area contributed by atoms with Gasteiger partial charge in [-0.1, -0.05) is 6.07 Å². The van der Waals surface area contributed by atoms with Crippen LogP contribution in [0.3, 0.4) is 0 Å². The molecule has 6 nitrogen and oxygen atoms in total. The maximum atomic E-state index is 12.9. The van der Waals surface area contributed by atoms with Crippen molar-refractivity contribution in [1.29, 1.82) is 0 Å². The Morgan fingerprint density at radius 3 is 2.51 bits per heavy atom. The summed E-state index contributed by atoms with van der Waals surface area (Å²) < 4.78 is 44.8. The van der Waals surface area contributed by atoms with Crippen molar-refractivity contribution in [3.05, 3.63) is 103 Å². The number of alkyl halides is 3. The fourth-order valence-corrected chi connectivity index (χ4v) is 3.63. The van der Waals surface area contributed by atoms with E-state index >= 15 is 0 Å². The number of nitrogens with zero attached hydrogens (tertiary/aromatic N) is 2. The Kier molecular flexibility index (Phi) is 5.66. The lowest BCUT2D eigenvalue weighted by Gasteiger charge is -2.12. The minimum atomic E-state index is -4.53. The van der Waals surface area contributed by atoms with E-state index in [-0.39, 0.29) is 5.56 Å². The molecule has 1 amide bonds. The number of rotatable bonds is 5. The fourth-order valence-electron chi connectivity index (χ4n) is 3.63. The second kappa shape index (κ2) is 8.94. The molecule has 5 aromatic rings. The first-order valence-electron chi connectivity index (χ1n) is 10.5. The topological polar surface area (TPSA) is 79.9 Å². The molecular weight excluding hydrogens is 457 g/mol. The molecule has 174 valence electrons. The third kappa shape index (κ3) is 4.70. The Bertz CT molecular complexity index is 1510. The summed E-state index contributed by atoms with van der Waals surface area (Å²) in [5.74, 6) is 0.216. The first kappa shape index (κ1) is 22.1. The number of benzene rings is 2. The number of hydrogen-bond acceptors (Lipinski definition) is 4. The van der Waals surface area contributed by atoms with Crippen LogP contribution in [0.1, 0.15) is 15.9 Å². The van der Waals surface area contributed by atoms with E-state index in [2.05, 4.69) is 20.3 Å². The van der Waals surface area contributed by atoms with Crippen LogP contribution in [0.4, 0.5) is 18.9 Å². The number of hydrogen-bond donors (Lipinski definition) is 2. The van der Waals surface area contributed by atoms with Crippen LogP contribution in [0.15, 0.2) is 91.4 Å². The number of aromatic amines is 1. The molecule has 0 spiro atoms. The van der Waals surface area contributed by atoms with Gasteiger partial charge in [0.25, 0.3) is 5.91 Å². The molecule has 9 heteroatoms. The summed E-state index contributed by atoms with van der Waals surface area (Å²) >= 11 is 0. The SMILES string of the molecule is O=C(Nc1ccc(Oc2ncccc2-c2ccnc3[nH]ccc23)cc1)c1cccc(C(F)(F)F)c1. The standard InChI is InChI=1S/C26H17F3N4O2/c27-26(28,29)17-4-1-3-16(15-17)24(34)33-18-6-8-19(9-7-18)35-25-22(5-2-12-32-25)20-10-13-30-23-21(20)11-14-31-23/h1-15H,(H,30,31)(H,33,34). The van der Waals surface area contributed by atoms with Gasteiger partial charge in [-0.15, -0.1) is 0 Å². The zero-order valence-electron chi connectivity index (χ0n) is 18.0. The van der Waals surface area contributed by atoms with Crippen molar-refractivity contribution in [2.24, 2.45) is 0 Å². The van der Waals surface area contributed by atoms with Gasteiger partial charge in [-0.05, 0) is 72.3 Å². The lowest BCUT2D eigenvalue weighted by molar-refractivity contribution is -0.137. The molecule has 0 aliphatic heterocycles. The minimum absolute atomic E-state index is 0.0910. The quantitative estimate of drug-likeness (QED) is 0.298. The first-order chi connectivity index (χ1) is 16.9. The molecule has 0 unspecified atom stereocenters. The monoisotopic (exact) mass is 474 g/mol. The number of carbonyl (C=O) groups is 1. The van der Waals surface area contributed by atoms with Crippen molar-refractivity contribution in [2.45, 2.75) is 6.18 Å². The molecule has 0 aliphatic carbocycles. The van der Waals surface area contributed by atoms with Gasteiger partial charge < -0.3 is 15.0 Å². The highest BCUT2D eigenvalue weighted by Gasteiger charge is 2.30. The molecule has 0 saturated heterocycles. The van der Waals surface area contributed by atoms with Crippen molar-refractivity contribution in [2.75, 3.05) is 5.32 Å². The molecule has 35 heavy (non-hydrogen) atoms. The van der Waals surface area contributed by atoms with Crippen LogP contribution in [0.25, 0.3) is 22.2 Å². The lowest BCUT2D eigenvalue weighted by atomic mass is 10.1. The van der Waals surface area contributed by atoms with Crippen molar-refractivity contribution in [1.82, 2.24) is 15.0 Å². The molecule has 2 N–H and O–H groups in total. The largest absolute Gasteiger partial charge is 0.438 e. The molecule has 0 aliphatic rings. The van der Waals surface area contributed by atoms with Crippen LogP contribution < -0.4 is 10.1 Å². The van der Waals surface area contributed by atoms with Crippen LogP contribution >= 0.6 is 0 Å². The van der Waals surface area contributed by atoms with Crippen LogP contribution in [0, 0.1) is 0 Å². The van der Waals surface area contributed by atoms with Gasteiger partial charge in [0, 0.05) is 40.8 Å². The highest BCUT2D eigenvalue weighted by molar-refractivity contribution is 6.04. The van der Waals surface area contributed by atoms with E-state index in [1.54, 1.807) is 36.7 Å². The van der Waals surface area contributed by atoms with Gasteiger partial charge in [0.15, 0.2) is 0 Å². The molecule has 5 rings (SSSR count). The minimum Gasteiger partial charge on any atom is -0.438 e. The van der Waals surface area contributed by atoms with E-state index in [1.165, 1.54) is 12.1 Å². The summed E-state index contributed by atoms with van der Waals surface area (Å²) in [5, 5.41) is 3.52. The molecule has 3 heterocycles. The Morgan fingerprint density at radius 2 is 1.71 bits per heavy atom. The fraction of sp³-hybridized carbons (Fsp3) is 0.0385. The van der Waals surface area contributed by atoms with Gasteiger partial charge in [0.2, 0.25) is 5.88 Å². The van der Waals surface area contributed by atoms with Gasteiger partial charge in [-0.2, -0.15) is 13.2 Å². The van der Waals surface area contributed by atoms with Gasteiger partial charge in [-0.3, -0.25) is 4.79 Å². The second-order valence-corrected chi connectivity index (χ2v) is 7.61. The molecule has 2 aromatic carbocycles. The van der Waals surface area contributed by atoms with Crippen LogP contribution in [0.5, 0.6) is 11.6 Å². The molecule has 0 bridgehead atoms. The number of anilines is 1. The summed E-state index contributed by atoms with van der Waals surface area (Å²) in [6.07, 6.45) is 0.609. The van der Waals surface area contributed by atoms with Gasteiger partial charge in [0.1, 0.15) is 11.4 Å². The van der Waals surface area contributed by atoms with Crippen LogP contribution in [-0.4, -0.2) is 20.9 Å². The normalized spacial score (nSPS) is 11.4. The van der Waals surface area contributed by atoms with E-state index in [0.29, 0.717) is 17.3 Å². The van der Waals surface area contributed by atoms with E-state index in [0.717, 1.165) is 34.3 Å². The average molecular weight is 474 g/mol. The van der Waals surface area contributed by atoms with E-state index in [1.807, 2.05) is 30.5 Å². The number of aromatic nitrogens is 3. The summed E-state index contributed by atoms with van der Waals surface area (Å²) in [6.45, 7) is 0. The predicted molar refractivity (Wildman–Crippen MR) is 125 cm³/mol. The number of ether oxygens (including phenoxy) is 1. The summed E-state index contributed by atoms with van der Waals surface area (Å²) in [7, 11) is 0. The number of fused-ring (bicyclic) bond motifs is 1. The van der Waals surface area contributed by atoms with E-state index < -0.39 is 17.6 Å². The molecule has 0 saturated carbocycles. The van der Waals surface area contributed by atoms with Crippen molar-refractivity contribution < 1.29 is 22.7 Å². The number of halogens is 3. The summed E-state index contributed by atoms with van der Waals surface area (Å²) in [5.41, 5.74) is 1.87. The van der Waals surface area contributed by atoms with Gasteiger partial charge >= 0.3 is 6.18 Å². The van der Waals surface area contributed by atoms with E-state index in [9.17, 15) is 18.0 Å². The number of nitrogens with one attached hydrogen (secondary N) is 2. The Balaban J connectivity index is 1.34. The smallest absolute Gasteiger partial charge is 0.416 e. The lowest BCUT2D eigenvalue weighted by Crippen LogP contribution is -2.13. The van der Waals surface area contributed by atoms with Crippen molar-refractivity contribution >= 4 is 22.6 Å². The third-order valence-corrected chi connectivity index (χ3v) is 5.30. The zero-order chi connectivity index (χ0) is 24.4. The van der Waals surface area contributed by atoms with Gasteiger partial charge in [-0.25, -0.2) is 9.97 Å². The molecule has 3 aromatic heterocycles. The molecule has 0 fully saturated rings. The van der Waals surface area contributed by atoms with Gasteiger partial charge in [0.05, 0.1) is 5.56 Å². The highest BCUT2D eigenvalue weighted by atomic mass is 19.4. The second-order valence-electron chi connectivity index (χ2n) is 7.61. The molecule has 0 radical (unpaired) electrons. The Hall–Kier alpha value is -4.66. The summed E-state index contributed by atoms with van der Waals surface area (Å²) in [4.78, 5) is 24.2. The third-order valence-electron chi connectivity index (χ3n) is 5.30. The average Bonchev–Trinajstić information content (AvgIpc) is 3.34. The summed E-state index contributed by atoms with van der Waals surface area (Å²) in [6, 6.07) is 18.2. The highest BCUT2D eigenvalue weighted by Crippen LogP contribution is 2.35. The van der Waals surface area contributed by atoms with Crippen molar-refractivity contribution in [3.63, 3.8) is 0 Å². The van der Waals surface area contributed by atoms with Crippen LogP contribution in [0.2, 0.25) is 0 Å². The maximum Gasteiger partial charge on any atom is 0.416 e. The van der Waals surface area contributed by atoms with E-state index in [4.69, 9.17) is 4.74 Å². The molecule has 0 atom stereocenters.